The Kier molecular flexibility index (Phi) is 6.73. The highest BCUT2D eigenvalue weighted by Gasteiger charge is 2.16. The first-order valence-corrected chi connectivity index (χ1v) is 6.73. The number of terminal acetylenes is 1. The fraction of sp³-hybridized carbons (Fsp3) is 0.333. The molecular formula is C15H17ClN2O3. The van der Waals surface area contributed by atoms with Crippen LogP contribution in [0.5, 0.6) is 0 Å². The number of carboxylic acids is 1. The van der Waals surface area contributed by atoms with Crippen molar-refractivity contribution in [1.82, 2.24) is 10.2 Å². The largest absolute Gasteiger partial charge is 0.480 e. The normalized spacial score (nSPS) is 11.7. The van der Waals surface area contributed by atoms with Crippen molar-refractivity contribution in [3.8, 4) is 12.3 Å². The van der Waals surface area contributed by atoms with Crippen LogP contribution in [0.3, 0.4) is 0 Å². The number of amides is 1. The maximum atomic E-state index is 11.9. The zero-order valence-corrected chi connectivity index (χ0v) is 12.4. The van der Waals surface area contributed by atoms with Gasteiger partial charge in [0.1, 0.15) is 0 Å². The molecule has 0 saturated heterocycles. The van der Waals surface area contributed by atoms with E-state index in [1.165, 1.54) is 4.90 Å². The molecule has 0 aliphatic carbocycles. The number of aliphatic carboxylic acids is 1. The second-order valence-corrected chi connectivity index (χ2v) is 4.96. The number of carboxylic acid groups (broad SMARTS) is 1. The lowest BCUT2D eigenvalue weighted by molar-refractivity contribution is -0.138. The molecule has 1 amide bonds. The third-order valence-electron chi connectivity index (χ3n) is 2.79. The van der Waals surface area contributed by atoms with Gasteiger partial charge in [-0.2, -0.15) is 0 Å². The number of hydrogen-bond donors (Lipinski definition) is 2. The van der Waals surface area contributed by atoms with Crippen molar-refractivity contribution in [3.05, 3.63) is 34.9 Å². The summed E-state index contributed by atoms with van der Waals surface area (Å²) in [5.74, 6) is 0.997. The molecule has 0 fully saturated rings. The van der Waals surface area contributed by atoms with Gasteiger partial charge in [0.15, 0.2) is 0 Å². The summed E-state index contributed by atoms with van der Waals surface area (Å²) < 4.78 is 0. The molecule has 1 unspecified atom stereocenters. The van der Waals surface area contributed by atoms with E-state index in [2.05, 4.69) is 11.2 Å². The van der Waals surface area contributed by atoms with E-state index in [0.717, 1.165) is 5.56 Å². The van der Waals surface area contributed by atoms with Crippen LogP contribution in [0.15, 0.2) is 24.3 Å². The number of rotatable bonds is 7. The quantitative estimate of drug-likeness (QED) is 0.750. The lowest BCUT2D eigenvalue weighted by Gasteiger charge is -2.20. The zero-order valence-electron chi connectivity index (χ0n) is 11.7. The molecule has 112 valence electrons. The molecule has 6 heteroatoms. The van der Waals surface area contributed by atoms with Gasteiger partial charge in [-0.25, -0.2) is 0 Å². The molecule has 0 aromatic heterocycles. The standard InChI is InChI=1S/C15H17ClN2O3/c1-3-8-18(10-15(20)21)9-14(19)17-11(2)12-6-4-5-7-13(12)16/h1,4-7,11H,8-10H2,2H3,(H,17,19)(H,20,21). The Labute approximate surface area is 128 Å². The Hall–Kier alpha value is -2.03. The minimum absolute atomic E-state index is 0.0781. The van der Waals surface area contributed by atoms with E-state index in [1.54, 1.807) is 6.07 Å². The van der Waals surface area contributed by atoms with E-state index in [0.29, 0.717) is 5.02 Å². The fourth-order valence-corrected chi connectivity index (χ4v) is 2.18. The average molecular weight is 309 g/mol. The third-order valence-corrected chi connectivity index (χ3v) is 3.13. The number of carbonyl (C=O) groups excluding carboxylic acids is 1. The number of nitrogens with one attached hydrogen (secondary N) is 1. The lowest BCUT2D eigenvalue weighted by atomic mass is 10.1. The van der Waals surface area contributed by atoms with E-state index in [4.69, 9.17) is 23.1 Å². The third kappa shape index (κ3) is 5.86. The summed E-state index contributed by atoms with van der Waals surface area (Å²) in [4.78, 5) is 24.0. The van der Waals surface area contributed by atoms with Gasteiger partial charge in [0.2, 0.25) is 5.91 Å². The molecule has 21 heavy (non-hydrogen) atoms. The molecule has 0 radical (unpaired) electrons. The molecule has 0 spiro atoms. The summed E-state index contributed by atoms with van der Waals surface area (Å²) >= 11 is 6.06. The Balaban J connectivity index is 2.61. The molecule has 1 aromatic carbocycles. The van der Waals surface area contributed by atoms with E-state index in [9.17, 15) is 9.59 Å². The highest BCUT2D eigenvalue weighted by atomic mass is 35.5. The predicted octanol–water partition coefficient (Wildman–Crippen LogP) is 1.54. The minimum Gasteiger partial charge on any atom is -0.480 e. The second-order valence-electron chi connectivity index (χ2n) is 4.55. The number of carbonyl (C=O) groups is 2. The van der Waals surface area contributed by atoms with Crippen molar-refractivity contribution < 1.29 is 14.7 Å². The van der Waals surface area contributed by atoms with Crippen molar-refractivity contribution in [1.29, 1.82) is 0 Å². The summed E-state index contributed by atoms with van der Waals surface area (Å²) in [6.45, 7) is 1.55. The molecular weight excluding hydrogens is 292 g/mol. The van der Waals surface area contributed by atoms with Crippen molar-refractivity contribution in [2.24, 2.45) is 0 Å². The van der Waals surface area contributed by atoms with Crippen molar-refractivity contribution >= 4 is 23.5 Å². The number of benzene rings is 1. The molecule has 0 aliphatic rings. The topological polar surface area (TPSA) is 69.6 Å². The molecule has 2 N–H and O–H groups in total. The van der Waals surface area contributed by atoms with Gasteiger partial charge in [0.05, 0.1) is 25.7 Å². The molecule has 0 saturated carbocycles. The highest BCUT2D eigenvalue weighted by molar-refractivity contribution is 6.31. The van der Waals surface area contributed by atoms with E-state index in [1.807, 2.05) is 25.1 Å². The number of hydrogen-bond acceptors (Lipinski definition) is 3. The van der Waals surface area contributed by atoms with Crippen molar-refractivity contribution in [2.45, 2.75) is 13.0 Å². The fourth-order valence-electron chi connectivity index (χ4n) is 1.88. The van der Waals surface area contributed by atoms with Crippen molar-refractivity contribution in [2.75, 3.05) is 19.6 Å². The molecule has 5 nitrogen and oxygen atoms in total. The summed E-state index contributed by atoms with van der Waals surface area (Å²) in [5.41, 5.74) is 0.800. The molecule has 0 heterocycles. The summed E-state index contributed by atoms with van der Waals surface area (Å²) in [5, 5.41) is 12.1. The van der Waals surface area contributed by atoms with Gasteiger partial charge in [0, 0.05) is 5.02 Å². The molecule has 0 bridgehead atoms. The smallest absolute Gasteiger partial charge is 0.317 e. The van der Waals surface area contributed by atoms with Gasteiger partial charge in [-0.1, -0.05) is 35.7 Å². The Morgan fingerprint density at radius 1 is 1.43 bits per heavy atom. The van der Waals surface area contributed by atoms with Crippen LogP contribution in [-0.2, 0) is 9.59 Å². The molecule has 1 aromatic rings. The van der Waals surface area contributed by atoms with Crippen LogP contribution in [0, 0.1) is 12.3 Å². The zero-order chi connectivity index (χ0) is 15.8. The number of nitrogens with zero attached hydrogens (tertiary/aromatic N) is 1. The SMILES string of the molecule is C#CCN(CC(=O)O)CC(=O)NC(C)c1ccccc1Cl. The average Bonchev–Trinajstić information content (AvgIpc) is 2.38. The minimum atomic E-state index is -1.03. The predicted molar refractivity (Wildman–Crippen MR) is 80.9 cm³/mol. The highest BCUT2D eigenvalue weighted by Crippen LogP contribution is 2.21. The summed E-state index contributed by atoms with van der Waals surface area (Å²) in [6.07, 6.45) is 5.16. The Morgan fingerprint density at radius 2 is 2.10 bits per heavy atom. The van der Waals surface area contributed by atoms with Gasteiger partial charge in [-0.05, 0) is 18.6 Å². The maximum absolute atomic E-state index is 11.9. The molecule has 1 atom stereocenters. The van der Waals surface area contributed by atoms with Gasteiger partial charge < -0.3 is 10.4 Å². The van der Waals surface area contributed by atoms with Crippen LogP contribution in [0.4, 0.5) is 0 Å². The van der Waals surface area contributed by atoms with E-state index < -0.39 is 5.97 Å². The lowest BCUT2D eigenvalue weighted by Crippen LogP contribution is -2.40. The first-order chi connectivity index (χ1) is 9.93. The molecule has 0 aliphatic heterocycles. The van der Waals surface area contributed by atoms with Gasteiger partial charge in [-0.15, -0.1) is 6.42 Å². The van der Waals surface area contributed by atoms with Crippen LogP contribution in [0.2, 0.25) is 5.02 Å². The van der Waals surface area contributed by atoms with Crippen LogP contribution in [0.25, 0.3) is 0 Å². The first-order valence-electron chi connectivity index (χ1n) is 6.35. The first kappa shape index (κ1) is 17.0. The maximum Gasteiger partial charge on any atom is 0.317 e. The van der Waals surface area contributed by atoms with Crippen molar-refractivity contribution in [3.63, 3.8) is 0 Å². The summed E-state index contributed by atoms with van der Waals surface area (Å²) in [7, 11) is 0. The van der Waals surface area contributed by atoms with Gasteiger partial charge in [0.25, 0.3) is 0 Å². The van der Waals surface area contributed by atoms with Crippen LogP contribution < -0.4 is 5.32 Å². The Bertz CT molecular complexity index is 554. The van der Waals surface area contributed by atoms with E-state index in [-0.39, 0.29) is 31.6 Å². The monoisotopic (exact) mass is 308 g/mol. The second kappa shape index (κ2) is 8.30. The van der Waals surface area contributed by atoms with Gasteiger partial charge >= 0.3 is 5.97 Å². The van der Waals surface area contributed by atoms with Gasteiger partial charge in [-0.3, -0.25) is 14.5 Å². The van der Waals surface area contributed by atoms with Crippen LogP contribution in [-0.4, -0.2) is 41.5 Å². The van der Waals surface area contributed by atoms with Crippen LogP contribution >= 0.6 is 11.6 Å². The number of halogens is 1. The van der Waals surface area contributed by atoms with Crippen LogP contribution in [0.1, 0.15) is 18.5 Å². The van der Waals surface area contributed by atoms with E-state index >= 15 is 0 Å². The summed E-state index contributed by atoms with van der Waals surface area (Å²) in [6, 6.07) is 6.93. The molecule has 1 rings (SSSR count). The Morgan fingerprint density at radius 3 is 2.67 bits per heavy atom.